The van der Waals surface area contributed by atoms with Crippen LogP contribution in [-0.4, -0.2) is 21.1 Å². The molecule has 0 bridgehead atoms. The first kappa shape index (κ1) is 10.2. The second-order valence-corrected chi connectivity index (χ2v) is 3.35. The van der Waals surface area contributed by atoms with Crippen molar-refractivity contribution in [1.29, 1.82) is 0 Å². The maximum absolute atomic E-state index is 9.78. The van der Waals surface area contributed by atoms with Crippen LogP contribution in [0.25, 0.3) is 0 Å². The van der Waals surface area contributed by atoms with Crippen LogP contribution in [0, 0.1) is 13.8 Å². The number of nitrogens with two attached hydrogens (primary N) is 1. The minimum Gasteiger partial charge on any atom is -0.385 e. The summed E-state index contributed by atoms with van der Waals surface area (Å²) in [6.07, 6.45) is 0.0851. The van der Waals surface area contributed by atoms with E-state index in [9.17, 15) is 5.11 Å². The number of nitrogens with zero attached hydrogens (tertiary/aromatic N) is 1. The molecule has 74 valence electrons. The SMILES string of the molecule is CCC(N)C(O)c1nc(C)[nH]c1C. The zero-order valence-electron chi connectivity index (χ0n) is 8.33. The quantitative estimate of drug-likeness (QED) is 0.648. The Morgan fingerprint density at radius 1 is 1.54 bits per heavy atom. The van der Waals surface area contributed by atoms with E-state index in [1.54, 1.807) is 0 Å². The van der Waals surface area contributed by atoms with Crippen LogP contribution in [0.3, 0.4) is 0 Å². The van der Waals surface area contributed by atoms with Crippen molar-refractivity contribution in [3.8, 4) is 0 Å². The van der Waals surface area contributed by atoms with Crippen LogP contribution >= 0.6 is 0 Å². The van der Waals surface area contributed by atoms with Gasteiger partial charge in [0.1, 0.15) is 11.9 Å². The van der Waals surface area contributed by atoms with Crippen LogP contribution in [0.15, 0.2) is 0 Å². The van der Waals surface area contributed by atoms with Gasteiger partial charge in [-0.25, -0.2) is 4.98 Å². The Balaban J connectivity index is 2.87. The number of rotatable bonds is 3. The molecule has 0 aliphatic rings. The molecule has 1 rings (SSSR count). The number of H-pyrrole nitrogens is 1. The Kier molecular flexibility index (Phi) is 3.06. The molecule has 0 aliphatic heterocycles. The first-order chi connectivity index (χ1) is 6.06. The smallest absolute Gasteiger partial charge is 0.113 e. The van der Waals surface area contributed by atoms with Crippen molar-refractivity contribution in [3.63, 3.8) is 0 Å². The molecule has 4 nitrogen and oxygen atoms in total. The zero-order chi connectivity index (χ0) is 10.0. The van der Waals surface area contributed by atoms with Crippen LogP contribution < -0.4 is 5.73 Å². The maximum Gasteiger partial charge on any atom is 0.113 e. The molecule has 0 aliphatic carbocycles. The summed E-state index contributed by atoms with van der Waals surface area (Å²) in [5, 5.41) is 9.78. The number of imidazole rings is 1. The van der Waals surface area contributed by atoms with Gasteiger partial charge in [-0.2, -0.15) is 0 Å². The predicted molar refractivity (Wildman–Crippen MR) is 51.3 cm³/mol. The Morgan fingerprint density at radius 2 is 2.15 bits per heavy atom. The van der Waals surface area contributed by atoms with Gasteiger partial charge < -0.3 is 15.8 Å². The van der Waals surface area contributed by atoms with Crippen LogP contribution in [0.4, 0.5) is 0 Å². The Hall–Kier alpha value is -0.870. The van der Waals surface area contributed by atoms with E-state index >= 15 is 0 Å². The molecule has 1 aromatic rings. The van der Waals surface area contributed by atoms with E-state index in [0.29, 0.717) is 5.69 Å². The number of hydrogen-bond acceptors (Lipinski definition) is 3. The third kappa shape index (κ3) is 2.08. The first-order valence-corrected chi connectivity index (χ1v) is 4.53. The van der Waals surface area contributed by atoms with Crippen molar-refractivity contribution in [3.05, 3.63) is 17.2 Å². The van der Waals surface area contributed by atoms with Gasteiger partial charge in [-0.15, -0.1) is 0 Å². The van der Waals surface area contributed by atoms with Gasteiger partial charge in [-0.05, 0) is 20.3 Å². The Morgan fingerprint density at radius 3 is 2.54 bits per heavy atom. The van der Waals surface area contributed by atoms with Crippen molar-refractivity contribution >= 4 is 0 Å². The van der Waals surface area contributed by atoms with E-state index in [1.807, 2.05) is 20.8 Å². The van der Waals surface area contributed by atoms with Gasteiger partial charge in [-0.1, -0.05) is 6.92 Å². The molecule has 4 N–H and O–H groups in total. The highest BCUT2D eigenvalue weighted by Crippen LogP contribution is 2.18. The van der Waals surface area contributed by atoms with Crippen LogP contribution in [-0.2, 0) is 0 Å². The van der Waals surface area contributed by atoms with Crippen molar-refractivity contribution in [2.75, 3.05) is 0 Å². The highest BCUT2D eigenvalue weighted by atomic mass is 16.3. The van der Waals surface area contributed by atoms with E-state index < -0.39 is 6.10 Å². The monoisotopic (exact) mass is 183 g/mol. The summed E-state index contributed by atoms with van der Waals surface area (Å²) < 4.78 is 0. The highest BCUT2D eigenvalue weighted by molar-refractivity contribution is 5.16. The summed E-state index contributed by atoms with van der Waals surface area (Å²) in [5.74, 6) is 0.815. The molecule has 1 aromatic heterocycles. The van der Waals surface area contributed by atoms with E-state index in [2.05, 4.69) is 9.97 Å². The molecule has 2 unspecified atom stereocenters. The van der Waals surface area contributed by atoms with Crippen molar-refractivity contribution < 1.29 is 5.11 Å². The van der Waals surface area contributed by atoms with Gasteiger partial charge >= 0.3 is 0 Å². The average molecular weight is 183 g/mol. The number of aromatic amines is 1. The summed E-state index contributed by atoms with van der Waals surface area (Å²) in [7, 11) is 0. The molecule has 4 heteroatoms. The largest absolute Gasteiger partial charge is 0.385 e. The second kappa shape index (κ2) is 3.89. The second-order valence-electron chi connectivity index (χ2n) is 3.35. The first-order valence-electron chi connectivity index (χ1n) is 4.53. The average Bonchev–Trinajstić information content (AvgIpc) is 2.42. The lowest BCUT2D eigenvalue weighted by Crippen LogP contribution is -2.28. The topological polar surface area (TPSA) is 74.9 Å². The molecule has 0 saturated heterocycles. The highest BCUT2D eigenvalue weighted by Gasteiger charge is 2.19. The zero-order valence-corrected chi connectivity index (χ0v) is 8.33. The van der Waals surface area contributed by atoms with Gasteiger partial charge in [0.15, 0.2) is 0 Å². The minimum atomic E-state index is -0.657. The molecule has 1 heterocycles. The van der Waals surface area contributed by atoms with Crippen molar-refractivity contribution in [1.82, 2.24) is 9.97 Å². The Labute approximate surface area is 78.2 Å². The third-order valence-corrected chi connectivity index (χ3v) is 2.20. The molecule has 0 aromatic carbocycles. The summed E-state index contributed by atoms with van der Waals surface area (Å²) in [6, 6.07) is -0.235. The van der Waals surface area contributed by atoms with Gasteiger partial charge in [0.2, 0.25) is 0 Å². The van der Waals surface area contributed by atoms with E-state index in [0.717, 1.165) is 17.9 Å². The fourth-order valence-corrected chi connectivity index (χ4v) is 1.34. The van der Waals surface area contributed by atoms with E-state index in [-0.39, 0.29) is 6.04 Å². The molecule has 0 saturated carbocycles. The van der Waals surface area contributed by atoms with Gasteiger partial charge in [0.25, 0.3) is 0 Å². The van der Waals surface area contributed by atoms with Crippen molar-refractivity contribution in [2.45, 2.75) is 39.3 Å². The van der Waals surface area contributed by atoms with Gasteiger partial charge in [0.05, 0.1) is 5.69 Å². The van der Waals surface area contributed by atoms with Crippen LogP contribution in [0.2, 0.25) is 0 Å². The number of nitrogens with one attached hydrogen (secondary N) is 1. The van der Waals surface area contributed by atoms with Gasteiger partial charge in [-0.3, -0.25) is 0 Å². The lowest BCUT2D eigenvalue weighted by Gasteiger charge is -2.15. The number of hydrogen-bond donors (Lipinski definition) is 3. The third-order valence-electron chi connectivity index (χ3n) is 2.20. The standard InChI is InChI=1S/C9H17N3O/c1-4-7(10)9(13)8-5(2)11-6(3)12-8/h7,9,13H,4,10H2,1-3H3,(H,11,12). The molecule has 0 radical (unpaired) electrons. The molecular formula is C9H17N3O. The summed E-state index contributed by atoms with van der Waals surface area (Å²) in [6.45, 7) is 5.70. The summed E-state index contributed by atoms with van der Waals surface area (Å²) >= 11 is 0. The fraction of sp³-hybridized carbons (Fsp3) is 0.667. The molecule has 0 amide bonds. The molecular weight excluding hydrogens is 166 g/mol. The fourth-order valence-electron chi connectivity index (χ4n) is 1.34. The minimum absolute atomic E-state index is 0.235. The molecule has 13 heavy (non-hydrogen) atoms. The predicted octanol–water partition coefficient (Wildman–Crippen LogP) is 0.797. The summed E-state index contributed by atoms with van der Waals surface area (Å²) in [4.78, 5) is 7.23. The maximum atomic E-state index is 9.78. The Bertz CT molecular complexity index is 282. The lowest BCUT2D eigenvalue weighted by molar-refractivity contribution is 0.139. The van der Waals surface area contributed by atoms with Crippen LogP contribution in [0.5, 0.6) is 0 Å². The summed E-state index contributed by atoms with van der Waals surface area (Å²) in [5.41, 5.74) is 7.29. The number of aryl methyl sites for hydroxylation is 2. The number of aromatic nitrogens is 2. The normalized spacial score (nSPS) is 15.8. The van der Waals surface area contributed by atoms with E-state index in [1.165, 1.54) is 0 Å². The van der Waals surface area contributed by atoms with Gasteiger partial charge in [0, 0.05) is 11.7 Å². The molecule has 0 fully saturated rings. The van der Waals surface area contributed by atoms with Crippen molar-refractivity contribution in [2.24, 2.45) is 5.73 Å². The lowest BCUT2D eigenvalue weighted by atomic mass is 10.1. The molecule has 0 spiro atoms. The molecule has 2 atom stereocenters. The van der Waals surface area contributed by atoms with Crippen LogP contribution in [0.1, 0.15) is 36.7 Å². The van der Waals surface area contributed by atoms with E-state index in [4.69, 9.17) is 5.73 Å². The number of aliphatic hydroxyl groups excluding tert-OH is 1. The number of aliphatic hydroxyl groups is 1.